The number of hydrogen-bond acceptors (Lipinski definition) is 6. The number of hydrogen-bond donors (Lipinski definition) is 2. The maximum atomic E-state index is 12.7. The van der Waals surface area contributed by atoms with Crippen molar-refractivity contribution in [3.05, 3.63) is 17.7 Å². The number of nitrogens with zero attached hydrogens (tertiary/aromatic N) is 1. The number of amides is 1. The minimum atomic E-state index is -0.372. The van der Waals surface area contributed by atoms with Gasteiger partial charge in [0, 0.05) is 12.6 Å². The summed E-state index contributed by atoms with van der Waals surface area (Å²) in [7, 11) is 2.98. The number of aliphatic hydroxyl groups excluding tert-OH is 1. The van der Waals surface area contributed by atoms with Gasteiger partial charge in [0.05, 0.1) is 51.3 Å². The number of nitrogens with two attached hydrogens (primary N) is 1. The van der Waals surface area contributed by atoms with Crippen LogP contribution in [-0.2, 0) is 4.74 Å². The summed E-state index contributed by atoms with van der Waals surface area (Å²) in [5, 5.41) is 9.37. The average molecular weight is 296 g/mol. The molecule has 0 saturated carbocycles. The summed E-state index contributed by atoms with van der Waals surface area (Å²) >= 11 is 0. The van der Waals surface area contributed by atoms with Crippen molar-refractivity contribution in [1.29, 1.82) is 0 Å². The molecular weight excluding hydrogens is 276 g/mol. The van der Waals surface area contributed by atoms with Gasteiger partial charge in [0.25, 0.3) is 5.91 Å². The van der Waals surface area contributed by atoms with E-state index in [1.165, 1.54) is 14.2 Å². The van der Waals surface area contributed by atoms with Crippen molar-refractivity contribution in [1.82, 2.24) is 4.90 Å². The van der Waals surface area contributed by atoms with E-state index < -0.39 is 0 Å². The molecule has 2 rings (SSSR count). The molecule has 0 spiro atoms. The Morgan fingerprint density at radius 3 is 2.86 bits per heavy atom. The van der Waals surface area contributed by atoms with Crippen LogP contribution in [-0.4, -0.2) is 62.5 Å². The highest BCUT2D eigenvalue weighted by molar-refractivity contribution is 6.01. The Labute approximate surface area is 123 Å². The Kier molecular flexibility index (Phi) is 4.87. The SMILES string of the molecule is COc1cc(OC)c(N)c(C(=O)N2CCOCC2CO)c1. The highest BCUT2D eigenvalue weighted by Crippen LogP contribution is 2.32. The number of aliphatic hydroxyl groups is 1. The zero-order valence-electron chi connectivity index (χ0n) is 12.2. The lowest BCUT2D eigenvalue weighted by atomic mass is 10.1. The average Bonchev–Trinajstić information content (AvgIpc) is 2.54. The number of nitrogen functional groups attached to an aromatic ring is 1. The van der Waals surface area contributed by atoms with Gasteiger partial charge in [-0.3, -0.25) is 4.79 Å². The van der Waals surface area contributed by atoms with Crippen molar-refractivity contribution in [3.8, 4) is 11.5 Å². The van der Waals surface area contributed by atoms with Gasteiger partial charge >= 0.3 is 0 Å². The first-order valence-electron chi connectivity index (χ1n) is 6.63. The summed E-state index contributed by atoms with van der Waals surface area (Å²) in [4.78, 5) is 14.3. The van der Waals surface area contributed by atoms with Crippen LogP contribution in [0.3, 0.4) is 0 Å². The van der Waals surface area contributed by atoms with Gasteiger partial charge in [-0.1, -0.05) is 0 Å². The van der Waals surface area contributed by atoms with Crippen LogP contribution in [0.25, 0.3) is 0 Å². The van der Waals surface area contributed by atoms with Crippen LogP contribution in [0, 0.1) is 0 Å². The molecule has 1 aromatic rings. The summed E-state index contributed by atoms with van der Waals surface area (Å²) in [6.45, 7) is 0.988. The molecule has 1 fully saturated rings. The number of ether oxygens (including phenoxy) is 3. The van der Waals surface area contributed by atoms with Crippen molar-refractivity contribution in [3.63, 3.8) is 0 Å². The van der Waals surface area contributed by atoms with Crippen LogP contribution >= 0.6 is 0 Å². The molecule has 1 heterocycles. The minimum absolute atomic E-state index is 0.160. The third-order valence-corrected chi connectivity index (χ3v) is 3.50. The summed E-state index contributed by atoms with van der Waals surface area (Å²) in [6, 6.07) is 2.82. The van der Waals surface area contributed by atoms with Gasteiger partial charge in [0.15, 0.2) is 0 Å². The molecule has 21 heavy (non-hydrogen) atoms. The van der Waals surface area contributed by atoms with E-state index in [0.717, 1.165) is 0 Å². The second kappa shape index (κ2) is 6.64. The molecule has 1 saturated heterocycles. The number of methoxy groups -OCH3 is 2. The largest absolute Gasteiger partial charge is 0.497 e. The summed E-state index contributed by atoms with van der Waals surface area (Å²) in [6.07, 6.45) is 0. The maximum absolute atomic E-state index is 12.7. The van der Waals surface area contributed by atoms with Crippen molar-refractivity contribution in [2.75, 3.05) is 46.3 Å². The van der Waals surface area contributed by atoms with Crippen molar-refractivity contribution >= 4 is 11.6 Å². The van der Waals surface area contributed by atoms with Crippen LogP contribution in [0.5, 0.6) is 11.5 Å². The first-order chi connectivity index (χ1) is 10.1. The van der Waals surface area contributed by atoms with Crippen LogP contribution < -0.4 is 15.2 Å². The van der Waals surface area contributed by atoms with Gasteiger partial charge in [-0.05, 0) is 6.07 Å². The predicted molar refractivity (Wildman–Crippen MR) is 76.7 cm³/mol. The number of carbonyl (C=O) groups is 1. The van der Waals surface area contributed by atoms with E-state index in [1.54, 1.807) is 17.0 Å². The van der Waals surface area contributed by atoms with E-state index in [2.05, 4.69) is 0 Å². The zero-order valence-corrected chi connectivity index (χ0v) is 12.2. The Morgan fingerprint density at radius 2 is 2.24 bits per heavy atom. The lowest BCUT2D eigenvalue weighted by molar-refractivity contribution is -0.0183. The van der Waals surface area contributed by atoms with Gasteiger partial charge in [0.2, 0.25) is 0 Å². The number of anilines is 1. The van der Waals surface area contributed by atoms with Crippen LogP contribution in [0.4, 0.5) is 5.69 Å². The fraction of sp³-hybridized carbons (Fsp3) is 0.500. The lowest BCUT2D eigenvalue weighted by Gasteiger charge is -2.34. The third-order valence-electron chi connectivity index (χ3n) is 3.50. The smallest absolute Gasteiger partial charge is 0.256 e. The second-order valence-electron chi connectivity index (χ2n) is 4.70. The van der Waals surface area contributed by atoms with E-state index in [1.807, 2.05) is 0 Å². The fourth-order valence-corrected chi connectivity index (χ4v) is 2.29. The molecule has 116 valence electrons. The number of morpholine rings is 1. The Balaban J connectivity index is 2.37. The van der Waals surface area contributed by atoms with Gasteiger partial charge < -0.3 is 30.0 Å². The molecule has 1 aliphatic heterocycles. The first-order valence-corrected chi connectivity index (χ1v) is 6.63. The number of carbonyl (C=O) groups excluding carboxylic acids is 1. The Hall–Kier alpha value is -1.99. The molecule has 1 aromatic carbocycles. The summed E-state index contributed by atoms with van der Waals surface area (Å²) in [5.74, 6) is 0.594. The molecular formula is C14H20N2O5. The number of rotatable bonds is 4. The third kappa shape index (κ3) is 3.03. The minimum Gasteiger partial charge on any atom is -0.497 e. The van der Waals surface area contributed by atoms with Gasteiger partial charge in [-0.15, -0.1) is 0 Å². The standard InChI is InChI=1S/C14H20N2O5/c1-19-10-5-11(13(15)12(6-10)20-2)14(18)16-3-4-21-8-9(16)7-17/h5-6,9,17H,3-4,7-8,15H2,1-2H3. The molecule has 0 bridgehead atoms. The van der Waals surface area contributed by atoms with Crippen LogP contribution in [0.2, 0.25) is 0 Å². The van der Waals surface area contributed by atoms with E-state index in [-0.39, 0.29) is 24.2 Å². The van der Waals surface area contributed by atoms with Gasteiger partial charge in [-0.25, -0.2) is 0 Å². The van der Waals surface area contributed by atoms with Crippen molar-refractivity contribution < 1.29 is 24.1 Å². The quantitative estimate of drug-likeness (QED) is 0.766. The highest BCUT2D eigenvalue weighted by Gasteiger charge is 2.29. The van der Waals surface area contributed by atoms with E-state index >= 15 is 0 Å². The van der Waals surface area contributed by atoms with Crippen LogP contribution in [0.1, 0.15) is 10.4 Å². The monoisotopic (exact) mass is 296 g/mol. The van der Waals surface area contributed by atoms with Gasteiger partial charge in [-0.2, -0.15) is 0 Å². The maximum Gasteiger partial charge on any atom is 0.256 e. The Bertz CT molecular complexity index is 520. The molecule has 0 aromatic heterocycles. The first kappa shape index (κ1) is 15.4. The number of benzene rings is 1. The molecule has 1 atom stereocenters. The molecule has 1 unspecified atom stereocenters. The van der Waals surface area contributed by atoms with Gasteiger partial charge in [0.1, 0.15) is 11.5 Å². The van der Waals surface area contributed by atoms with Crippen molar-refractivity contribution in [2.24, 2.45) is 0 Å². The molecule has 1 amide bonds. The summed E-state index contributed by atoms with van der Waals surface area (Å²) < 4.78 is 15.6. The molecule has 3 N–H and O–H groups in total. The molecule has 0 aliphatic carbocycles. The lowest BCUT2D eigenvalue weighted by Crippen LogP contribution is -2.50. The van der Waals surface area contributed by atoms with E-state index in [0.29, 0.717) is 36.8 Å². The molecule has 0 radical (unpaired) electrons. The predicted octanol–water partition coefficient (Wildman–Crippen LogP) is 0.119. The highest BCUT2D eigenvalue weighted by atomic mass is 16.5. The topological polar surface area (TPSA) is 94.3 Å². The Morgan fingerprint density at radius 1 is 1.48 bits per heavy atom. The zero-order chi connectivity index (χ0) is 15.4. The molecule has 7 nitrogen and oxygen atoms in total. The molecule has 7 heteroatoms. The normalized spacial score (nSPS) is 18.4. The second-order valence-corrected chi connectivity index (χ2v) is 4.70. The fourth-order valence-electron chi connectivity index (χ4n) is 2.29. The van der Waals surface area contributed by atoms with Crippen LogP contribution in [0.15, 0.2) is 12.1 Å². The van der Waals surface area contributed by atoms with E-state index in [9.17, 15) is 9.90 Å². The van der Waals surface area contributed by atoms with Crippen molar-refractivity contribution in [2.45, 2.75) is 6.04 Å². The van der Waals surface area contributed by atoms with E-state index in [4.69, 9.17) is 19.9 Å². The molecule has 1 aliphatic rings. The summed E-state index contributed by atoms with van der Waals surface area (Å²) in [5.41, 5.74) is 6.54.